The molecule has 2 aromatic rings. The Bertz CT molecular complexity index is 753. The number of thioether (sulfide) groups is 1. The van der Waals surface area contributed by atoms with Crippen LogP contribution in [0.3, 0.4) is 0 Å². The second-order valence-corrected chi connectivity index (χ2v) is 6.60. The molecular weight excluding hydrogens is 318 g/mol. The smallest absolute Gasteiger partial charge is 0.318 e. The first kappa shape index (κ1) is 16.5. The van der Waals surface area contributed by atoms with E-state index >= 15 is 0 Å². The highest BCUT2D eigenvalue weighted by atomic mass is 32.2. The first-order valence-corrected chi connectivity index (χ1v) is 9.02. The molecule has 0 bridgehead atoms. The van der Waals surface area contributed by atoms with Crippen LogP contribution in [-0.4, -0.2) is 17.4 Å². The lowest BCUT2D eigenvalue weighted by molar-refractivity contribution is -0.142. The molecule has 0 amide bonds. The molecule has 0 saturated heterocycles. The molecule has 1 aliphatic rings. The van der Waals surface area contributed by atoms with Crippen LogP contribution in [0, 0.1) is 0 Å². The van der Waals surface area contributed by atoms with Gasteiger partial charge in [0.15, 0.2) is 0 Å². The van der Waals surface area contributed by atoms with E-state index in [9.17, 15) is 4.79 Å². The molecule has 0 aliphatic carbocycles. The summed E-state index contributed by atoms with van der Waals surface area (Å²) in [5.74, 6) is 0.716. The van der Waals surface area contributed by atoms with E-state index in [1.807, 2.05) is 66.4 Å². The molecule has 0 atom stereocenters. The quantitative estimate of drug-likeness (QED) is 0.587. The van der Waals surface area contributed by atoms with Crippen molar-refractivity contribution in [1.82, 2.24) is 0 Å². The highest BCUT2D eigenvalue weighted by molar-refractivity contribution is 7.99. The van der Waals surface area contributed by atoms with Crippen LogP contribution in [-0.2, 0) is 9.63 Å². The number of carbonyl (C=O) groups excluding carboxylic acids is 1. The summed E-state index contributed by atoms with van der Waals surface area (Å²) in [4.78, 5) is 18.2. The zero-order chi connectivity index (χ0) is 16.6. The summed E-state index contributed by atoms with van der Waals surface area (Å²) < 4.78 is 0. The first-order valence-electron chi connectivity index (χ1n) is 8.03. The second kappa shape index (κ2) is 8.50. The van der Waals surface area contributed by atoms with Crippen LogP contribution in [0.5, 0.6) is 0 Å². The Kier molecular flexibility index (Phi) is 5.85. The predicted octanol–water partition coefficient (Wildman–Crippen LogP) is 4.92. The summed E-state index contributed by atoms with van der Waals surface area (Å²) in [5, 5.41) is 4.13. The van der Waals surface area contributed by atoms with Crippen LogP contribution in [0.15, 0.2) is 70.7 Å². The SMILES string of the molecule is O=C(C/C=C/c1ccccc1)O/N=C1\CCCSc2ccccc21. The molecule has 0 unspecified atom stereocenters. The van der Waals surface area contributed by atoms with Gasteiger partial charge in [0, 0.05) is 10.5 Å². The van der Waals surface area contributed by atoms with Crippen LogP contribution >= 0.6 is 11.8 Å². The summed E-state index contributed by atoms with van der Waals surface area (Å²) in [6.45, 7) is 0. The van der Waals surface area contributed by atoms with Gasteiger partial charge in [-0.1, -0.05) is 65.8 Å². The summed E-state index contributed by atoms with van der Waals surface area (Å²) in [6, 6.07) is 18.0. The minimum absolute atomic E-state index is 0.210. The van der Waals surface area contributed by atoms with Gasteiger partial charge < -0.3 is 4.84 Å². The van der Waals surface area contributed by atoms with Crippen LogP contribution in [0.25, 0.3) is 6.08 Å². The molecule has 0 aromatic heterocycles. The maximum absolute atomic E-state index is 11.9. The van der Waals surface area contributed by atoms with E-state index in [2.05, 4.69) is 11.2 Å². The van der Waals surface area contributed by atoms with Crippen molar-refractivity contribution in [2.75, 3.05) is 5.75 Å². The Labute approximate surface area is 146 Å². The molecular formula is C20H19NO2S. The molecule has 3 nitrogen and oxygen atoms in total. The fourth-order valence-electron chi connectivity index (χ4n) is 2.48. The first-order chi connectivity index (χ1) is 11.8. The van der Waals surface area contributed by atoms with Crippen molar-refractivity contribution in [3.63, 3.8) is 0 Å². The Morgan fingerprint density at radius 2 is 1.92 bits per heavy atom. The third-order valence-corrected chi connectivity index (χ3v) is 4.83. The van der Waals surface area contributed by atoms with Gasteiger partial charge in [0.25, 0.3) is 0 Å². The van der Waals surface area contributed by atoms with Crippen molar-refractivity contribution < 1.29 is 9.63 Å². The number of nitrogens with zero attached hydrogens (tertiary/aromatic N) is 1. The maximum Gasteiger partial charge on any atom is 0.338 e. The molecule has 1 aliphatic heterocycles. The molecule has 4 heteroatoms. The van der Waals surface area contributed by atoms with Gasteiger partial charge in [-0.05, 0) is 30.2 Å². The third kappa shape index (κ3) is 4.59. The maximum atomic E-state index is 11.9. The predicted molar refractivity (Wildman–Crippen MR) is 99.1 cm³/mol. The van der Waals surface area contributed by atoms with Crippen LogP contribution in [0.4, 0.5) is 0 Å². The molecule has 0 saturated carbocycles. The van der Waals surface area contributed by atoms with Crippen molar-refractivity contribution in [2.24, 2.45) is 5.16 Å². The van der Waals surface area contributed by atoms with Gasteiger partial charge in [-0.3, -0.25) is 0 Å². The summed E-state index contributed by atoms with van der Waals surface area (Å²) in [7, 11) is 0. The second-order valence-electron chi connectivity index (χ2n) is 5.47. The number of benzene rings is 2. The van der Waals surface area contributed by atoms with Gasteiger partial charge in [0.05, 0.1) is 12.1 Å². The number of hydrogen-bond acceptors (Lipinski definition) is 4. The molecule has 0 fully saturated rings. The monoisotopic (exact) mass is 337 g/mol. The van der Waals surface area contributed by atoms with E-state index in [1.165, 1.54) is 4.90 Å². The van der Waals surface area contributed by atoms with Crippen molar-refractivity contribution in [3.05, 3.63) is 71.8 Å². The Morgan fingerprint density at radius 3 is 2.79 bits per heavy atom. The van der Waals surface area contributed by atoms with Crippen molar-refractivity contribution in [1.29, 1.82) is 0 Å². The average molecular weight is 337 g/mol. The van der Waals surface area contributed by atoms with E-state index < -0.39 is 0 Å². The molecule has 1 heterocycles. The van der Waals surface area contributed by atoms with Gasteiger partial charge in [-0.25, -0.2) is 4.79 Å². The Balaban J connectivity index is 1.61. The number of hydrogen-bond donors (Lipinski definition) is 0. The highest BCUT2D eigenvalue weighted by Gasteiger charge is 2.15. The molecule has 2 aromatic carbocycles. The topological polar surface area (TPSA) is 38.7 Å². The third-order valence-electron chi connectivity index (χ3n) is 3.67. The summed E-state index contributed by atoms with van der Waals surface area (Å²) >= 11 is 1.83. The van der Waals surface area contributed by atoms with Crippen molar-refractivity contribution >= 4 is 29.5 Å². The van der Waals surface area contributed by atoms with Gasteiger partial charge in [-0.15, -0.1) is 11.8 Å². The van der Waals surface area contributed by atoms with E-state index in [1.54, 1.807) is 6.08 Å². The molecule has 24 heavy (non-hydrogen) atoms. The largest absolute Gasteiger partial charge is 0.338 e. The van der Waals surface area contributed by atoms with Crippen molar-refractivity contribution in [2.45, 2.75) is 24.2 Å². The molecule has 0 radical (unpaired) electrons. The average Bonchev–Trinajstić information content (AvgIpc) is 2.83. The number of fused-ring (bicyclic) bond motifs is 1. The zero-order valence-electron chi connectivity index (χ0n) is 13.4. The minimum Gasteiger partial charge on any atom is -0.318 e. The lowest BCUT2D eigenvalue weighted by Gasteiger charge is -2.06. The number of oxime groups is 1. The van der Waals surface area contributed by atoms with Crippen molar-refractivity contribution in [3.8, 4) is 0 Å². The Morgan fingerprint density at radius 1 is 1.12 bits per heavy atom. The molecule has 0 spiro atoms. The van der Waals surface area contributed by atoms with Crippen LogP contribution < -0.4 is 0 Å². The normalized spacial score (nSPS) is 15.9. The van der Waals surface area contributed by atoms with E-state index in [4.69, 9.17) is 4.84 Å². The Hall–Kier alpha value is -2.33. The van der Waals surface area contributed by atoms with Gasteiger partial charge >= 0.3 is 5.97 Å². The fraction of sp³-hybridized carbons (Fsp3) is 0.200. The molecule has 122 valence electrons. The number of rotatable bonds is 4. The minimum atomic E-state index is -0.343. The van der Waals surface area contributed by atoms with E-state index in [-0.39, 0.29) is 12.4 Å². The zero-order valence-corrected chi connectivity index (χ0v) is 14.2. The van der Waals surface area contributed by atoms with Gasteiger partial charge in [0.1, 0.15) is 0 Å². The highest BCUT2D eigenvalue weighted by Crippen LogP contribution is 2.29. The van der Waals surface area contributed by atoms with Crippen LogP contribution in [0.2, 0.25) is 0 Å². The fourth-order valence-corrected chi connectivity index (χ4v) is 3.51. The van der Waals surface area contributed by atoms with Gasteiger partial charge in [0.2, 0.25) is 0 Å². The molecule has 3 rings (SSSR count). The number of carbonyl (C=O) groups is 1. The van der Waals surface area contributed by atoms with E-state index in [0.29, 0.717) is 0 Å². The summed E-state index contributed by atoms with van der Waals surface area (Å²) in [6.07, 6.45) is 5.78. The van der Waals surface area contributed by atoms with E-state index in [0.717, 1.165) is 35.4 Å². The van der Waals surface area contributed by atoms with Crippen LogP contribution in [0.1, 0.15) is 30.4 Å². The van der Waals surface area contributed by atoms with Gasteiger partial charge in [-0.2, -0.15) is 0 Å². The lowest BCUT2D eigenvalue weighted by atomic mass is 10.1. The standard InChI is InChI=1S/C20H19NO2S/c22-20(14-6-10-16-8-2-1-3-9-16)23-21-18-12-7-15-24-19-13-5-4-11-17(18)19/h1-6,8-11,13H,7,12,14-15H2/b10-6+,21-18+. The summed E-state index contributed by atoms with van der Waals surface area (Å²) in [5.41, 5.74) is 3.00. The molecule has 0 N–H and O–H groups in total. The lowest BCUT2D eigenvalue weighted by Crippen LogP contribution is -2.05.